The maximum absolute atomic E-state index is 6.47. The van der Waals surface area contributed by atoms with E-state index >= 15 is 0 Å². The fourth-order valence-electron chi connectivity index (χ4n) is 7.93. The summed E-state index contributed by atoms with van der Waals surface area (Å²) in [5.74, 6) is 1.45. The van der Waals surface area contributed by atoms with Gasteiger partial charge in [-0.2, -0.15) is 0 Å². The van der Waals surface area contributed by atoms with Crippen LogP contribution in [0.3, 0.4) is 0 Å². The minimum absolute atomic E-state index is 0. The standard InChI is InChI=1S/C36H22N3O.C18H24NSi.Ir/c1-3-10-24(11-4-1)25-18-20-27(21-19-25)39-33-17-8-7-16-32(33)37-35(39)30-15-9-14-28-29-22-23-31(26-12-5-2-6-13-26)38-36(29)40-34(28)30;1-14(2)11-16-12-17(15-9-7-6-8-10-15)19-13-18(16)20(3,4)5;/h1-14,16-23H;6-9,12-14H,11H2,1-5H3;/q2*-1;. The van der Waals surface area contributed by atoms with E-state index in [2.05, 4.69) is 146 Å². The summed E-state index contributed by atoms with van der Waals surface area (Å²) >= 11 is 0. The second-order valence-corrected chi connectivity index (χ2v) is 21.7. The molecule has 10 rings (SSSR count). The Hall–Kier alpha value is -6.24. The predicted molar refractivity (Wildman–Crippen MR) is 251 cm³/mol. The normalized spacial score (nSPS) is 11.4. The molecule has 0 spiro atoms. The molecule has 1 radical (unpaired) electrons. The molecular weight excluding hydrogens is 941 g/mol. The molecule has 6 aromatic carbocycles. The quantitative estimate of drug-likeness (QED) is 0.112. The van der Waals surface area contributed by atoms with Gasteiger partial charge in [-0.15, -0.1) is 54.1 Å². The van der Waals surface area contributed by atoms with Gasteiger partial charge in [0, 0.05) is 42.9 Å². The minimum Gasteiger partial charge on any atom is -0.486 e. The minimum atomic E-state index is -1.34. The first-order chi connectivity index (χ1) is 29.2. The van der Waals surface area contributed by atoms with Crippen molar-refractivity contribution in [2.45, 2.75) is 39.9 Å². The van der Waals surface area contributed by atoms with Crippen molar-refractivity contribution in [3.8, 4) is 50.7 Å². The molecule has 0 saturated heterocycles. The van der Waals surface area contributed by atoms with Crippen LogP contribution >= 0.6 is 0 Å². The third kappa shape index (κ3) is 8.69. The molecule has 0 aliphatic heterocycles. The van der Waals surface area contributed by atoms with Crippen LogP contribution < -0.4 is 5.19 Å². The Morgan fingerprint density at radius 2 is 1.33 bits per heavy atom. The molecule has 0 amide bonds. The van der Waals surface area contributed by atoms with Crippen LogP contribution in [0.15, 0.2) is 174 Å². The monoisotopic (exact) mass is 987 g/mol. The second-order valence-electron chi connectivity index (χ2n) is 16.6. The van der Waals surface area contributed by atoms with Crippen LogP contribution in [0.1, 0.15) is 19.4 Å². The average Bonchev–Trinajstić information content (AvgIpc) is 3.86. The van der Waals surface area contributed by atoms with Gasteiger partial charge in [-0.3, -0.25) is 4.98 Å². The van der Waals surface area contributed by atoms with E-state index < -0.39 is 8.07 Å². The van der Waals surface area contributed by atoms with Crippen molar-refractivity contribution >= 4 is 46.4 Å². The zero-order valence-corrected chi connectivity index (χ0v) is 38.4. The van der Waals surface area contributed by atoms with Crippen molar-refractivity contribution in [1.29, 1.82) is 0 Å². The zero-order valence-electron chi connectivity index (χ0n) is 35.0. The number of fused-ring (bicyclic) bond motifs is 4. The van der Waals surface area contributed by atoms with E-state index in [1.807, 2.05) is 78.9 Å². The van der Waals surface area contributed by atoms with Gasteiger partial charge in [0.2, 0.25) is 5.71 Å². The Morgan fingerprint density at radius 1 is 0.639 bits per heavy atom. The number of hydrogen-bond donors (Lipinski definition) is 0. The number of benzene rings is 6. The number of furan rings is 1. The Labute approximate surface area is 372 Å². The van der Waals surface area contributed by atoms with Crippen LogP contribution in [0.25, 0.3) is 83.8 Å². The van der Waals surface area contributed by atoms with E-state index in [-0.39, 0.29) is 20.1 Å². The first kappa shape index (κ1) is 41.5. The molecule has 0 atom stereocenters. The van der Waals surface area contributed by atoms with E-state index in [9.17, 15) is 0 Å². The van der Waals surface area contributed by atoms with Crippen LogP contribution in [0, 0.1) is 18.1 Å². The van der Waals surface area contributed by atoms with Gasteiger partial charge >= 0.3 is 0 Å². The van der Waals surface area contributed by atoms with Crippen LogP contribution in [0.5, 0.6) is 0 Å². The summed E-state index contributed by atoms with van der Waals surface area (Å²) < 4.78 is 8.65. The zero-order chi connectivity index (χ0) is 41.2. The number of aromatic nitrogens is 4. The molecule has 0 fully saturated rings. The number of nitrogens with zero attached hydrogens (tertiary/aromatic N) is 4. The van der Waals surface area contributed by atoms with Crippen molar-refractivity contribution in [3.05, 3.63) is 188 Å². The summed E-state index contributed by atoms with van der Waals surface area (Å²) in [5.41, 5.74) is 13.0. The number of pyridine rings is 2. The van der Waals surface area contributed by atoms with E-state index in [1.54, 1.807) is 0 Å². The maximum atomic E-state index is 6.47. The number of rotatable bonds is 8. The maximum Gasteiger partial charge on any atom is 0.216 e. The molecule has 0 unspecified atom stereocenters. The molecule has 0 aliphatic carbocycles. The van der Waals surface area contributed by atoms with Crippen molar-refractivity contribution < 1.29 is 24.5 Å². The van der Waals surface area contributed by atoms with Crippen LogP contribution in [0.4, 0.5) is 0 Å². The van der Waals surface area contributed by atoms with Gasteiger partial charge in [0.05, 0.1) is 36.2 Å². The fraction of sp³-hybridized carbons (Fsp3) is 0.130. The van der Waals surface area contributed by atoms with E-state index in [1.165, 1.54) is 21.9 Å². The van der Waals surface area contributed by atoms with Gasteiger partial charge in [-0.1, -0.05) is 141 Å². The van der Waals surface area contributed by atoms with Crippen molar-refractivity contribution in [1.82, 2.24) is 19.5 Å². The van der Waals surface area contributed by atoms with Crippen LogP contribution in [0.2, 0.25) is 19.6 Å². The Kier molecular flexibility index (Phi) is 12.1. The molecule has 4 heterocycles. The Bertz CT molecular complexity index is 3060. The van der Waals surface area contributed by atoms with Gasteiger partial charge < -0.3 is 14.0 Å². The predicted octanol–water partition coefficient (Wildman–Crippen LogP) is 13.4. The largest absolute Gasteiger partial charge is 0.486 e. The molecule has 5 nitrogen and oxygen atoms in total. The number of imidazole rings is 1. The van der Waals surface area contributed by atoms with Crippen LogP contribution in [-0.4, -0.2) is 27.6 Å². The Morgan fingerprint density at radius 3 is 2.03 bits per heavy atom. The number of hydrogen-bond acceptors (Lipinski definition) is 4. The first-order valence-electron chi connectivity index (χ1n) is 20.6. The van der Waals surface area contributed by atoms with Gasteiger partial charge in [-0.25, -0.2) is 4.98 Å². The summed E-state index contributed by atoms with van der Waals surface area (Å²) in [6.07, 6.45) is 3.24. The average molecular weight is 987 g/mol. The smallest absolute Gasteiger partial charge is 0.216 e. The summed E-state index contributed by atoms with van der Waals surface area (Å²) in [4.78, 5) is 14.6. The molecule has 0 N–H and O–H groups in total. The third-order valence-electron chi connectivity index (χ3n) is 10.8. The van der Waals surface area contributed by atoms with Crippen molar-refractivity contribution in [2.75, 3.05) is 0 Å². The fourth-order valence-corrected chi connectivity index (χ4v) is 9.52. The van der Waals surface area contributed by atoms with Gasteiger partial charge in [-0.05, 0) is 70.7 Å². The molecule has 0 bridgehead atoms. The topological polar surface area (TPSA) is 56.7 Å². The first-order valence-corrected chi connectivity index (χ1v) is 24.1. The Balaban J connectivity index is 0.000000208. The van der Waals surface area contributed by atoms with Crippen LogP contribution in [-0.2, 0) is 26.5 Å². The summed E-state index contributed by atoms with van der Waals surface area (Å²) in [5, 5.41) is 3.46. The number of para-hydroxylation sites is 2. The molecule has 303 valence electrons. The summed E-state index contributed by atoms with van der Waals surface area (Å²) in [7, 11) is -1.34. The summed E-state index contributed by atoms with van der Waals surface area (Å²) in [6, 6.07) is 62.6. The molecular formula is C54H46IrN4OSi-2. The van der Waals surface area contributed by atoms with E-state index in [4.69, 9.17) is 14.4 Å². The van der Waals surface area contributed by atoms with Crippen molar-refractivity contribution in [3.63, 3.8) is 0 Å². The third-order valence-corrected chi connectivity index (χ3v) is 12.9. The SMILES string of the molecule is CC(C)Cc1cc(-c2[c-]cccc2)ncc1[Si](C)(C)C.[Ir].[c-]1ccc2c(oc3nc(-c4ccccc4)ccc32)c1-c1nc2ccccc2n1-c1ccc(-c2ccccc2)cc1. The molecule has 4 aromatic heterocycles. The molecule has 0 saturated carbocycles. The molecule has 7 heteroatoms. The van der Waals surface area contributed by atoms with Gasteiger partial charge in [0.15, 0.2) is 0 Å². The second kappa shape index (κ2) is 17.8. The van der Waals surface area contributed by atoms with Gasteiger partial charge in [0.25, 0.3) is 0 Å². The summed E-state index contributed by atoms with van der Waals surface area (Å²) in [6.45, 7) is 11.7. The van der Waals surface area contributed by atoms with E-state index in [0.717, 1.165) is 73.4 Å². The molecule has 0 aliphatic rings. The van der Waals surface area contributed by atoms with E-state index in [0.29, 0.717) is 11.6 Å². The molecule has 61 heavy (non-hydrogen) atoms. The van der Waals surface area contributed by atoms with Crippen molar-refractivity contribution in [2.24, 2.45) is 5.92 Å². The molecule has 10 aromatic rings. The van der Waals surface area contributed by atoms with Gasteiger partial charge in [0.1, 0.15) is 0 Å².